The maximum atomic E-state index is 13.6. The lowest BCUT2D eigenvalue weighted by Crippen LogP contribution is -2.25. The van der Waals surface area contributed by atoms with E-state index in [1.807, 2.05) is 36.6 Å². The third kappa shape index (κ3) is 5.69. The van der Waals surface area contributed by atoms with Crippen LogP contribution in [-0.2, 0) is 17.9 Å². The normalized spacial score (nSPS) is 10.7. The van der Waals surface area contributed by atoms with Gasteiger partial charge >= 0.3 is 0 Å². The molecule has 1 aromatic heterocycles. The van der Waals surface area contributed by atoms with Crippen LogP contribution in [0, 0.1) is 19.7 Å². The van der Waals surface area contributed by atoms with Crippen molar-refractivity contribution in [3.63, 3.8) is 0 Å². The second kappa shape index (κ2) is 10.2. The molecule has 1 heterocycles. The van der Waals surface area contributed by atoms with Crippen LogP contribution in [0.4, 0.5) is 10.1 Å². The van der Waals surface area contributed by atoms with E-state index in [0.717, 1.165) is 5.56 Å². The first-order valence-corrected chi connectivity index (χ1v) is 10.8. The number of nitrogens with one attached hydrogen (secondary N) is 2. The summed E-state index contributed by atoms with van der Waals surface area (Å²) in [6.45, 7) is 6.30. The molecule has 0 aliphatic carbocycles. The van der Waals surface area contributed by atoms with Gasteiger partial charge in [0.05, 0.1) is 12.3 Å². The molecule has 0 saturated heterocycles. The summed E-state index contributed by atoms with van der Waals surface area (Å²) in [5.74, 6) is -0.114. The molecule has 0 atom stereocenters. The van der Waals surface area contributed by atoms with Gasteiger partial charge in [-0.1, -0.05) is 35.5 Å². The van der Waals surface area contributed by atoms with Crippen LogP contribution in [-0.4, -0.2) is 32.3 Å². The topological polar surface area (TPSA) is 88.9 Å². The number of thioether (sulfide) groups is 1. The molecule has 0 spiro atoms. The summed E-state index contributed by atoms with van der Waals surface area (Å²) in [7, 11) is 0. The Labute approximate surface area is 184 Å². The number of hydrogen-bond donors (Lipinski definition) is 2. The molecule has 0 fully saturated rings. The average molecular weight is 442 g/mol. The molecule has 0 saturated carbocycles. The van der Waals surface area contributed by atoms with Crippen LogP contribution in [0.5, 0.6) is 0 Å². The van der Waals surface area contributed by atoms with Crippen molar-refractivity contribution in [1.82, 2.24) is 20.1 Å². The molecule has 3 rings (SSSR count). The number of aryl methyl sites for hydroxylation is 1. The maximum absolute atomic E-state index is 13.6. The number of benzene rings is 2. The zero-order valence-corrected chi connectivity index (χ0v) is 18.4. The van der Waals surface area contributed by atoms with E-state index in [9.17, 15) is 14.0 Å². The minimum Gasteiger partial charge on any atom is -0.345 e. The Morgan fingerprint density at radius 1 is 1.13 bits per heavy atom. The second-order valence-corrected chi connectivity index (χ2v) is 7.89. The summed E-state index contributed by atoms with van der Waals surface area (Å²) in [5, 5.41) is 14.4. The number of aromatic nitrogens is 3. The van der Waals surface area contributed by atoms with E-state index < -0.39 is 0 Å². The molecule has 0 radical (unpaired) electrons. The number of carbonyl (C=O) groups is 2. The third-order valence-corrected chi connectivity index (χ3v) is 5.64. The summed E-state index contributed by atoms with van der Waals surface area (Å²) < 4.78 is 15.5. The fourth-order valence-electron chi connectivity index (χ4n) is 2.98. The number of amides is 2. The second-order valence-electron chi connectivity index (χ2n) is 6.94. The van der Waals surface area contributed by atoms with Gasteiger partial charge in [-0.3, -0.25) is 9.59 Å². The predicted octanol–water partition coefficient (Wildman–Crippen LogP) is 3.71. The highest BCUT2D eigenvalue weighted by Crippen LogP contribution is 2.20. The SMILES string of the molecule is CCn1c(CNC(=O)c2cccc(C)c2)nnc1SCC(=O)Nc1cccc(F)c1C. The standard InChI is InChI=1S/C22H24FN5O2S/c1-4-28-19(12-24-21(30)16-8-5-7-14(2)11-16)26-27-22(28)31-13-20(29)25-18-10-6-9-17(23)15(18)3/h5-11H,4,12-13H2,1-3H3,(H,24,30)(H,25,29). The van der Waals surface area contributed by atoms with Crippen molar-refractivity contribution in [1.29, 1.82) is 0 Å². The van der Waals surface area contributed by atoms with Crippen molar-refractivity contribution >= 4 is 29.3 Å². The molecule has 31 heavy (non-hydrogen) atoms. The zero-order valence-electron chi connectivity index (χ0n) is 17.6. The highest BCUT2D eigenvalue weighted by molar-refractivity contribution is 7.99. The molecule has 0 aliphatic rings. The number of halogens is 1. The fraction of sp³-hybridized carbons (Fsp3) is 0.273. The van der Waals surface area contributed by atoms with Crippen LogP contribution >= 0.6 is 11.8 Å². The summed E-state index contributed by atoms with van der Waals surface area (Å²) >= 11 is 1.23. The van der Waals surface area contributed by atoms with Gasteiger partial charge in [0, 0.05) is 23.4 Å². The number of rotatable bonds is 8. The quantitative estimate of drug-likeness (QED) is 0.520. The Morgan fingerprint density at radius 3 is 2.65 bits per heavy atom. The lowest BCUT2D eigenvalue weighted by Gasteiger charge is -2.10. The third-order valence-electron chi connectivity index (χ3n) is 4.67. The van der Waals surface area contributed by atoms with Crippen molar-refractivity contribution < 1.29 is 14.0 Å². The molecule has 2 N–H and O–H groups in total. The van der Waals surface area contributed by atoms with Gasteiger partial charge in [-0.15, -0.1) is 10.2 Å². The summed E-state index contributed by atoms with van der Waals surface area (Å²) in [6, 6.07) is 11.9. The molecule has 0 bridgehead atoms. The number of nitrogens with zero attached hydrogens (tertiary/aromatic N) is 3. The molecule has 7 nitrogen and oxygen atoms in total. The average Bonchev–Trinajstić information content (AvgIpc) is 3.15. The van der Waals surface area contributed by atoms with Gasteiger partial charge in [-0.25, -0.2) is 4.39 Å². The van der Waals surface area contributed by atoms with Crippen LogP contribution in [0.25, 0.3) is 0 Å². The maximum Gasteiger partial charge on any atom is 0.251 e. The Bertz CT molecular complexity index is 1100. The van der Waals surface area contributed by atoms with Crippen molar-refractivity contribution in [3.05, 3.63) is 70.8 Å². The molecular formula is C22H24FN5O2S. The Kier molecular flexibility index (Phi) is 7.41. The van der Waals surface area contributed by atoms with E-state index in [1.54, 1.807) is 25.1 Å². The van der Waals surface area contributed by atoms with Crippen LogP contribution < -0.4 is 10.6 Å². The first-order chi connectivity index (χ1) is 14.9. The van der Waals surface area contributed by atoms with Crippen molar-refractivity contribution in [2.45, 2.75) is 39.0 Å². The van der Waals surface area contributed by atoms with Gasteiger partial charge in [0.25, 0.3) is 5.91 Å². The first-order valence-electron chi connectivity index (χ1n) is 9.83. The molecule has 0 unspecified atom stereocenters. The first kappa shape index (κ1) is 22.5. The van der Waals surface area contributed by atoms with Crippen molar-refractivity contribution in [3.8, 4) is 0 Å². The molecule has 2 aromatic carbocycles. The summed E-state index contributed by atoms with van der Waals surface area (Å²) in [6.07, 6.45) is 0. The van der Waals surface area contributed by atoms with Crippen molar-refractivity contribution in [2.24, 2.45) is 0 Å². The highest BCUT2D eigenvalue weighted by atomic mass is 32.2. The lowest BCUT2D eigenvalue weighted by atomic mass is 10.1. The van der Waals surface area contributed by atoms with E-state index >= 15 is 0 Å². The fourth-order valence-corrected chi connectivity index (χ4v) is 3.80. The number of anilines is 1. The smallest absolute Gasteiger partial charge is 0.251 e. The summed E-state index contributed by atoms with van der Waals surface area (Å²) in [4.78, 5) is 24.6. The molecule has 3 aromatic rings. The Balaban J connectivity index is 1.58. The zero-order chi connectivity index (χ0) is 22.4. The van der Waals surface area contributed by atoms with Gasteiger partial charge in [0.15, 0.2) is 11.0 Å². The molecule has 0 aliphatic heterocycles. The minimum atomic E-state index is -0.367. The van der Waals surface area contributed by atoms with Gasteiger partial charge in [-0.2, -0.15) is 0 Å². The van der Waals surface area contributed by atoms with Crippen LogP contribution in [0.15, 0.2) is 47.6 Å². The number of hydrogen-bond acceptors (Lipinski definition) is 5. The van der Waals surface area contributed by atoms with Crippen LogP contribution in [0.3, 0.4) is 0 Å². The van der Waals surface area contributed by atoms with E-state index in [2.05, 4.69) is 20.8 Å². The van der Waals surface area contributed by atoms with E-state index in [1.165, 1.54) is 17.8 Å². The number of carbonyl (C=O) groups excluding carboxylic acids is 2. The monoisotopic (exact) mass is 441 g/mol. The van der Waals surface area contributed by atoms with E-state index in [4.69, 9.17) is 0 Å². The Morgan fingerprint density at radius 2 is 1.90 bits per heavy atom. The molecular weight excluding hydrogens is 417 g/mol. The predicted molar refractivity (Wildman–Crippen MR) is 119 cm³/mol. The molecule has 2 amide bonds. The van der Waals surface area contributed by atoms with Gasteiger partial charge < -0.3 is 15.2 Å². The highest BCUT2D eigenvalue weighted by Gasteiger charge is 2.15. The molecule has 162 valence electrons. The summed E-state index contributed by atoms with van der Waals surface area (Å²) in [5.41, 5.74) is 2.43. The van der Waals surface area contributed by atoms with Gasteiger partial charge in [-0.05, 0) is 45.0 Å². The van der Waals surface area contributed by atoms with Gasteiger partial charge in [0.1, 0.15) is 5.82 Å². The molecule has 9 heteroatoms. The van der Waals surface area contributed by atoms with Crippen LogP contribution in [0.2, 0.25) is 0 Å². The van der Waals surface area contributed by atoms with Gasteiger partial charge in [0.2, 0.25) is 5.91 Å². The van der Waals surface area contributed by atoms with Crippen LogP contribution in [0.1, 0.15) is 34.2 Å². The minimum absolute atomic E-state index is 0.101. The lowest BCUT2D eigenvalue weighted by molar-refractivity contribution is -0.113. The largest absolute Gasteiger partial charge is 0.345 e. The van der Waals surface area contributed by atoms with E-state index in [0.29, 0.717) is 34.3 Å². The van der Waals surface area contributed by atoms with E-state index in [-0.39, 0.29) is 29.9 Å². The van der Waals surface area contributed by atoms with Crippen molar-refractivity contribution in [2.75, 3.05) is 11.1 Å². The Hall–Kier alpha value is -3.20.